The quantitative estimate of drug-likeness (QED) is 0.0630. The van der Waals surface area contributed by atoms with Gasteiger partial charge in [-0.3, -0.25) is 0 Å². The number of carboxylic acids is 1. The SMILES string of the molecule is C.C.CC(C)(C)OC(=O)[C@@H](N)c1ccccc1.COc1cc2c(cc1-c1c(C)noc1C)[nH]c1nc(C)nc(Cl)c12.COc1cc2c(cc1-c1c(C)noc1C)[nH]c1nc(C)nc(N[C@H](C(=O)O)c3ccccc3)c12. The van der Waals surface area contributed by atoms with Crippen LogP contribution in [0.5, 0.6) is 11.5 Å². The maximum absolute atomic E-state index is 12.1. The van der Waals surface area contributed by atoms with E-state index in [2.05, 4.69) is 45.5 Å². The first-order valence-corrected chi connectivity index (χ1v) is 23.5. The Morgan fingerprint density at radius 2 is 1.13 bits per heavy atom. The fourth-order valence-electron chi connectivity index (χ4n) is 8.62. The molecule has 0 amide bonds. The summed E-state index contributed by atoms with van der Waals surface area (Å²) in [5.74, 6) is 2.95. The van der Waals surface area contributed by atoms with Gasteiger partial charge in [0, 0.05) is 32.9 Å². The Bertz CT molecular complexity index is 3620. The number of nitrogens with zero attached hydrogens (tertiary/aromatic N) is 6. The number of carbonyl (C=O) groups excluding carboxylic acids is 1. The molecule has 0 aliphatic heterocycles. The molecule has 18 nitrogen and oxygen atoms in total. The summed E-state index contributed by atoms with van der Waals surface area (Å²) in [5, 5.41) is 24.8. The molecular formula is C56H63ClN10O8. The zero-order valence-corrected chi connectivity index (χ0v) is 42.9. The van der Waals surface area contributed by atoms with Crippen molar-refractivity contribution in [2.45, 2.75) is 94.9 Å². The van der Waals surface area contributed by atoms with Crippen LogP contribution in [0.4, 0.5) is 5.82 Å². The molecule has 6 N–H and O–H groups in total. The molecule has 0 saturated heterocycles. The molecule has 0 bridgehead atoms. The molecule has 6 heterocycles. The molecule has 0 spiro atoms. The lowest BCUT2D eigenvalue weighted by atomic mass is 10.0. The van der Waals surface area contributed by atoms with Gasteiger partial charge in [0.05, 0.1) is 47.5 Å². The molecule has 19 heteroatoms. The molecule has 10 aromatic rings. The van der Waals surface area contributed by atoms with E-state index < -0.39 is 29.6 Å². The summed E-state index contributed by atoms with van der Waals surface area (Å²) in [7, 11) is 3.24. The number of aliphatic carboxylic acids is 1. The van der Waals surface area contributed by atoms with E-state index in [1.54, 1.807) is 45.4 Å². The van der Waals surface area contributed by atoms with E-state index >= 15 is 0 Å². The first-order chi connectivity index (χ1) is 34.8. The third kappa shape index (κ3) is 11.7. The summed E-state index contributed by atoms with van der Waals surface area (Å²) in [5.41, 5.74) is 14.8. The van der Waals surface area contributed by atoms with Gasteiger partial charge in [-0.25, -0.2) is 29.5 Å². The minimum atomic E-state index is -1.01. The van der Waals surface area contributed by atoms with Gasteiger partial charge in [-0.05, 0) is 97.7 Å². The highest BCUT2D eigenvalue weighted by molar-refractivity contribution is 6.36. The zero-order chi connectivity index (χ0) is 52.5. The standard InChI is InChI=1S/C25H23N5O4.C17H15ClN4O2.C12H17NO2.2CH4/c1-12-20(13(2)34-30-12)17-10-18-16(11-19(17)33-4)21-23(28-18)26-14(3)27-24(21)29-22(25(31)32)15-8-6-5-7-9-15;1-7-14(8(2)24-22-7)11-5-12-10(6-13(11)23-4)15-16(18)19-9(3)20-17(15)21-12;1-12(2,3)15-11(14)10(13)9-7-5-4-6-8-9;;/h5-11,22H,1-4H3,(H,31,32)(H2,26,27,28,29);5-6H,1-4H3,(H,19,20,21);4-8,10H,13H2,1-3H3;2*1H4/t22-;;10-;;/m0.0../s1. The summed E-state index contributed by atoms with van der Waals surface area (Å²) in [6.07, 6.45) is 0. The number of anilines is 1. The number of aromatic nitrogens is 8. The van der Waals surface area contributed by atoms with Gasteiger partial charge in [-0.1, -0.05) is 97.4 Å². The average Bonchev–Trinajstić information content (AvgIpc) is 4.10. The largest absolute Gasteiger partial charge is 0.496 e. The predicted octanol–water partition coefficient (Wildman–Crippen LogP) is 12.6. The zero-order valence-electron chi connectivity index (χ0n) is 42.2. The molecule has 10 rings (SSSR count). The Hall–Kier alpha value is -8.35. The van der Waals surface area contributed by atoms with E-state index in [0.29, 0.717) is 56.4 Å². The fourth-order valence-corrected chi connectivity index (χ4v) is 8.93. The van der Waals surface area contributed by atoms with E-state index in [1.165, 1.54) is 0 Å². The van der Waals surface area contributed by atoms with Gasteiger partial charge in [0.2, 0.25) is 0 Å². The van der Waals surface area contributed by atoms with E-state index in [-0.39, 0.29) is 14.9 Å². The van der Waals surface area contributed by atoms with Gasteiger partial charge in [0.15, 0.2) is 6.04 Å². The number of nitrogens with one attached hydrogen (secondary N) is 3. The van der Waals surface area contributed by atoms with Crippen molar-refractivity contribution >= 4 is 73.2 Å². The highest BCUT2D eigenvalue weighted by Gasteiger charge is 2.26. The van der Waals surface area contributed by atoms with Gasteiger partial charge in [-0.2, -0.15) is 0 Å². The number of fused-ring (bicyclic) bond motifs is 6. The topological polar surface area (TPSA) is 255 Å². The maximum atomic E-state index is 12.1. The van der Waals surface area contributed by atoms with Crippen LogP contribution in [-0.2, 0) is 14.3 Å². The number of methoxy groups -OCH3 is 2. The smallest absolute Gasteiger partial charge is 0.330 e. The Balaban J connectivity index is 0.000000195. The molecule has 0 saturated carbocycles. The van der Waals surface area contributed by atoms with Crippen LogP contribution in [0, 0.1) is 41.5 Å². The number of ether oxygens (including phenoxy) is 3. The van der Waals surface area contributed by atoms with Crippen LogP contribution in [-0.4, -0.2) is 77.1 Å². The first-order valence-electron chi connectivity index (χ1n) is 23.1. The number of carbonyl (C=O) groups is 2. The number of aryl methyl sites for hydroxylation is 6. The van der Waals surface area contributed by atoms with Crippen molar-refractivity contribution in [1.82, 2.24) is 40.2 Å². The van der Waals surface area contributed by atoms with Crippen LogP contribution in [0.1, 0.15) is 93.4 Å². The predicted molar refractivity (Wildman–Crippen MR) is 293 cm³/mol. The molecule has 0 fully saturated rings. The molecule has 0 aliphatic carbocycles. The van der Waals surface area contributed by atoms with Crippen LogP contribution in [0.3, 0.4) is 0 Å². The highest BCUT2D eigenvalue weighted by atomic mass is 35.5. The van der Waals surface area contributed by atoms with E-state index in [1.807, 2.05) is 116 Å². The molecule has 0 radical (unpaired) electrons. The number of H-pyrrole nitrogens is 2. The molecule has 2 atom stereocenters. The summed E-state index contributed by atoms with van der Waals surface area (Å²) >= 11 is 6.33. The number of nitrogens with two attached hydrogens (primary N) is 1. The van der Waals surface area contributed by atoms with Crippen LogP contribution < -0.4 is 20.5 Å². The molecule has 392 valence electrons. The number of benzene rings is 4. The Kier molecular flexibility index (Phi) is 17.0. The number of carboxylic acid groups (broad SMARTS) is 1. The molecule has 6 aromatic heterocycles. The third-order valence-electron chi connectivity index (χ3n) is 11.8. The van der Waals surface area contributed by atoms with E-state index in [4.69, 9.17) is 40.6 Å². The van der Waals surface area contributed by atoms with Crippen molar-refractivity contribution < 1.29 is 38.0 Å². The van der Waals surface area contributed by atoms with Crippen molar-refractivity contribution in [1.29, 1.82) is 0 Å². The molecular weight excluding hydrogens is 976 g/mol. The van der Waals surface area contributed by atoms with Crippen molar-refractivity contribution in [3.8, 4) is 33.8 Å². The van der Waals surface area contributed by atoms with Crippen molar-refractivity contribution in [2.75, 3.05) is 19.5 Å². The Morgan fingerprint density at radius 1 is 0.680 bits per heavy atom. The van der Waals surface area contributed by atoms with Gasteiger partial charge in [0.1, 0.15) is 68.6 Å². The number of esters is 1. The summed E-state index contributed by atoms with van der Waals surface area (Å²) in [6.45, 7) is 16.6. The number of aromatic amines is 2. The minimum Gasteiger partial charge on any atom is -0.496 e. The third-order valence-corrected chi connectivity index (χ3v) is 12.1. The Morgan fingerprint density at radius 3 is 1.57 bits per heavy atom. The van der Waals surface area contributed by atoms with Crippen molar-refractivity contribution in [3.05, 3.63) is 136 Å². The van der Waals surface area contributed by atoms with E-state index in [0.717, 1.165) is 77.9 Å². The number of rotatable bonds is 10. The monoisotopic (exact) mass is 1040 g/mol. The normalized spacial score (nSPS) is 11.9. The highest BCUT2D eigenvalue weighted by Crippen LogP contribution is 2.42. The van der Waals surface area contributed by atoms with Crippen LogP contribution >= 0.6 is 11.6 Å². The van der Waals surface area contributed by atoms with Crippen LogP contribution in [0.2, 0.25) is 5.15 Å². The van der Waals surface area contributed by atoms with E-state index in [9.17, 15) is 14.7 Å². The summed E-state index contributed by atoms with van der Waals surface area (Å²) in [4.78, 5) is 48.2. The van der Waals surface area contributed by atoms with Gasteiger partial charge < -0.3 is 49.4 Å². The minimum absolute atomic E-state index is 0. The first kappa shape index (κ1) is 56.0. The molecule has 75 heavy (non-hydrogen) atoms. The van der Waals surface area contributed by atoms with Crippen LogP contribution in [0.25, 0.3) is 66.1 Å². The number of halogens is 1. The number of hydrogen-bond donors (Lipinski definition) is 5. The summed E-state index contributed by atoms with van der Waals surface area (Å²) < 4.78 is 27.2. The molecule has 0 aliphatic rings. The lowest BCUT2D eigenvalue weighted by Crippen LogP contribution is -2.31. The van der Waals surface area contributed by atoms with Crippen LogP contribution in [0.15, 0.2) is 94.0 Å². The fraction of sp³-hybridized carbons (Fsp3) is 0.286. The summed E-state index contributed by atoms with van der Waals surface area (Å²) in [6, 6.07) is 24.3. The maximum Gasteiger partial charge on any atom is 0.330 e. The van der Waals surface area contributed by atoms with Gasteiger partial charge >= 0.3 is 11.9 Å². The number of hydrogen-bond acceptors (Lipinski definition) is 15. The second-order valence-electron chi connectivity index (χ2n) is 18.2. The second-order valence-corrected chi connectivity index (χ2v) is 18.6. The van der Waals surface area contributed by atoms with Crippen molar-refractivity contribution in [2.24, 2.45) is 5.73 Å². The molecule has 4 aromatic carbocycles. The lowest BCUT2D eigenvalue weighted by Gasteiger charge is -2.22. The second kappa shape index (κ2) is 22.8. The van der Waals surface area contributed by atoms with Gasteiger partial charge in [0.25, 0.3) is 0 Å². The lowest BCUT2D eigenvalue weighted by molar-refractivity contribution is -0.156. The Labute approximate surface area is 439 Å². The van der Waals surface area contributed by atoms with Crippen molar-refractivity contribution in [3.63, 3.8) is 0 Å². The molecule has 0 unspecified atom stereocenters. The average molecular weight is 1040 g/mol. The van der Waals surface area contributed by atoms with Gasteiger partial charge in [-0.15, -0.1) is 0 Å².